The molecule has 0 bridgehead atoms. The van der Waals surface area contributed by atoms with Gasteiger partial charge in [-0.25, -0.2) is 15.0 Å². The fourth-order valence-electron chi connectivity index (χ4n) is 2.86. The van der Waals surface area contributed by atoms with Crippen molar-refractivity contribution in [3.63, 3.8) is 0 Å². The molecule has 1 aliphatic carbocycles. The number of nitrogens with zero attached hydrogens (tertiary/aromatic N) is 4. The highest BCUT2D eigenvalue weighted by molar-refractivity contribution is 5.91. The first-order valence-corrected chi connectivity index (χ1v) is 7.80. The largest absolute Gasteiger partial charge is 0.298 e. The van der Waals surface area contributed by atoms with Gasteiger partial charge in [-0.1, -0.05) is 12.5 Å². The van der Waals surface area contributed by atoms with Gasteiger partial charge < -0.3 is 0 Å². The number of hydrogen-bond donors (Lipinski definition) is 1. The zero-order valence-corrected chi connectivity index (χ0v) is 12.9. The van der Waals surface area contributed by atoms with Crippen molar-refractivity contribution in [2.75, 3.05) is 5.32 Å². The van der Waals surface area contributed by atoms with Crippen LogP contribution in [0.3, 0.4) is 0 Å². The molecule has 0 radical (unpaired) electrons. The average molecular weight is 307 g/mol. The number of fused-ring (bicyclic) bond motifs is 1. The Kier molecular flexibility index (Phi) is 3.29. The summed E-state index contributed by atoms with van der Waals surface area (Å²) in [7, 11) is 0. The second-order valence-electron chi connectivity index (χ2n) is 5.86. The van der Waals surface area contributed by atoms with E-state index in [9.17, 15) is 4.79 Å². The normalized spacial score (nSPS) is 14.7. The predicted octanol–water partition coefficient (Wildman–Crippen LogP) is 2.84. The average Bonchev–Trinajstić information content (AvgIpc) is 2.81. The van der Waals surface area contributed by atoms with Crippen LogP contribution in [0.5, 0.6) is 0 Å². The molecule has 23 heavy (non-hydrogen) atoms. The van der Waals surface area contributed by atoms with Crippen molar-refractivity contribution in [1.29, 1.82) is 0 Å². The van der Waals surface area contributed by atoms with Crippen molar-refractivity contribution < 1.29 is 4.79 Å². The van der Waals surface area contributed by atoms with E-state index in [-0.39, 0.29) is 11.8 Å². The standard InChI is InChI=1S/C17H17N5O/c1-11-15(22-10-3-2-7-14(22)19-11)13-8-9-18-17(20-13)21-16(23)12-5-4-6-12/h2-3,7-10,12H,4-6H2,1H3,(H,18,20,21,23). The summed E-state index contributed by atoms with van der Waals surface area (Å²) in [6.07, 6.45) is 6.66. The van der Waals surface area contributed by atoms with Gasteiger partial charge in [-0.2, -0.15) is 0 Å². The van der Waals surface area contributed by atoms with Crippen LogP contribution < -0.4 is 5.32 Å². The molecule has 0 atom stereocenters. The van der Waals surface area contributed by atoms with Crippen LogP contribution in [0.15, 0.2) is 36.7 Å². The van der Waals surface area contributed by atoms with E-state index >= 15 is 0 Å². The zero-order valence-electron chi connectivity index (χ0n) is 12.9. The number of nitrogens with one attached hydrogen (secondary N) is 1. The fourth-order valence-corrected chi connectivity index (χ4v) is 2.86. The maximum atomic E-state index is 12.1. The van der Waals surface area contributed by atoms with Crippen LogP contribution in [0.4, 0.5) is 5.95 Å². The molecule has 0 aromatic carbocycles. The summed E-state index contributed by atoms with van der Waals surface area (Å²) in [5.41, 5.74) is 3.44. The Balaban J connectivity index is 1.70. The number of carbonyl (C=O) groups excluding carboxylic acids is 1. The van der Waals surface area contributed by atoms with E-state index < -0.39 is 0 Å². The lowest BCUT2D eigenvalue weighted by Gasteiger charge is -2.23. The van der Waals surface area contributed by atoms with Crippen LogP contribution in [0.2, 0.25) is 0 Å². The highest BCUT2D eigenvalue weighted by Gasteiger charge is 2.25. The molecule has 3 aromatic rings. The molecule has 1 fully saturated rings. The number of aromatic nitrogens is 4. The van der Waals surface area contributed by atoms with Gasteiger partial charge in [0.05, 0.1) is 17.1 Å². The summed E-state index contributed by atoms with van der Waals surface area (Å²) in [6, 6.07) is 7.70. The molecule has 3 aromatic heterocycles. The molecule has 0 spiro atoms. The van der Waals surface area contributed by atoms with Gasteiger partial charge in [-0.05, 0) is 38.0 Å². The summed E-state index contributed by atoms with van der Waals surface area (Å²) < 4.78 is 2.00. The minimum atomic E-state index is 0.0169. The summed E-state index contributed by atoms with van der Waals surface area (Å²) in [4.78, 5) is 25.3. The van der Waals surface area contributed by atoms with Crippen LogP contribution in [-0.4, -0.2) is 25.3 Å². The summed E-state index contributed by atoms with van der Waals surface area (Å²) >= 11 is 0. The van der Waals surface area contributed by atoms with Crippen molar-refractivity contribution in [2.24, 2.45) is 5.92 Å². The van der Waals surface area contributed by atoms with Gasteiger partial charge in [-0.3, -0.25) is 14.5 Å². The molecule has 116 valence electrons. The Morgan fingerprint density at radius 3 is 2.91 bits per heavy atom. The number of amides is 1. The van der Waals surface area contributed by atoms with Crippen LogP contribution in [-0.2, 0) is 4.79 Å². The van der Waals surface area contributed by atoms with Gasteiger partial charge >= 0.3 is 0 Å². The molecule has 0 unspecified atom stereocenters. The molecule has 1 aliphatic rings. The second-order valence-corrected chi connectivity index (χ2v) is 5.86. The molecule has 3 heterocycles. The summed E-state index contributed by atoms with van der Waals surface area (Å²) in [6.45, 7) is 1.96. The monoisotopic (exact) mass is 307 g/mol. The van der Waals surface area contributed by atoms with Gasteiger partial charge in [0.1, 0.15) is 5.65 Å². The van der Waals surface area contributed by atoms with Crippen LogP contribution >= 0.6 is 0 Å². The number of pyridine rings is 1. The van der Waals surface area contributed by atoms with Crippen molar-refractivity contribution in [2.45, 2.75) is 26.2 Å². The second kappa shape index (κ2) is 5.46. The highest BCUT2D eigenvalue weighted by atomic mass is 16.2. The number of rotatable bonds is 3. The topological polar surface area (TPSA) is 72.2 Å². The number of anilines is 1. The molecule has 1 amide bonds. The quantitative estimate of drug-likeness (QED) is 0.807. The third-order valence-corrected chi connectivity index (χ3v) is 4.31. The Morgan fingerprint density at radius 2 is 2.13 bits per heavy atom. The van der Waals surface area contributed by atoms with E-state index in [0.717, 1.165) is 42.0 Å². The molecule has 0 saturated heterocycles. The molecule has 1 saturated carbocycles. The number of carbonyl (C=O) groups is 1. The lowest BCUT2D eigenvalue weighted by molar-refractivity contribution is -0.122. The van der Waals surface area contributed by atoms with E-state index in [4.69, 9.17) is 0 Å². The molecule has 1 N–H and O–H groups in total. The third-order valence-electron chi connectivity index (χ3n) is 4.31. The molecule has 6 nitrogen and oxygen atoms in total. The number of aryl methyl sites for hydroxylation is 1. The van der Waals surface area contributed by atoms with Gasteiger partial charge in [-0.15, -0.1) is 0 Å². The lowest BCUT2D eigenvalue weighted by Crippen LogP contribution is -2.28. The van der Waals surface area contributed by atoms with Gasteiger partial charge in [0.25, 0.3) is 0 Å². The van der Waals surface area contributed by atoms with Crippen molar-refractivity contribution >= 4 is 17.5 Å². The van der Waals surface area contributed by atoms with Gasteiger partial charge in [0.15, 0.2) is 0 Å². The first-order chi connectivity index (χ1) is 11.2. The van der Waals surface area contributed by atoms with E-state index in [1.807, 2.05) is 41.8 Å². The van der Waals surface area contributed by atoms with E-state index in [1.54, 1.807) is 6.20 Å². The lowest BCUT2D eigenvalue weighted by atomic mass is 9.85. The van der Waals surface area contributed by atoms with E-state index in [1.165, 1.54) is 0 Å². The van der Waals surface area contributed by atoms with Crippen molar-refractivity contribution in [3.05, 3.63) is 42.4 Å². The van der Waals surface area contributed by atoms with Crippen molar-refractivity contribution in [3.8, 4) is 11.4 Å². The van der Waals surface area contributed by atoms with Crippen LogP contribution in [0.1, 0.15) is 25.0 Å². The molecule has 6 heteroatoms. The zero-order chi connectivity index (χ0) is 15.8. The van der Waals surface area contributed by atoms with E-state index in [0.29, 0.717) is 5.95 Å². The maximum absolute atomic E-state index is 12.1. The Bertz CT molecular complexity index is 882. The van der Waals surface area contributed by atoms with Crippen molar-refractivity contribution in [1.82, 2.24) is 19.4 Å². The van der Waals surface area contributed by atoms with Crippen LogP contribution in [0, 0.1) is 12.8 Å². The first-order valence-electron chi connectivity index (χ1n) is 7.80. The third kappa shape index (κ3) is 2.46. The minimum absolute atomic E-state index is 0.0169. The number of hydrogen-bond acceptors (Lipinski definition) is 4. The van der Waals surface area contributed by atoms with E-state index in [2.05, 4.69) is 20.3 Å². The smallest absolute Gasteiger partial charge is 0.229 e. The van der Waals surface area contributed by atoms with Crippen LogP contribution in [0.25, 0.3) is 17.0 Å². The molecular formula is C17H17N5O. The maximum Gasteiger partial charge on any atom is 0.229 e. The minimum Gasteiger partial charge on any atom is -0.298 e. The predicted molar refractivity (Wildman–Crippen MR) is 86.9 cm³/mol. The Hall–Kier alpha value is -2.76. The molecular weight excluding hydrogens is 290 g/mol. The Morgan fingerprint density at radius 1 is 1.26 bits per heavy atom. The highest BCUT2D eigenvalue weighted by Crippen LogP contribution is 2.28. The molecule has 0 aliphatic heterocycles. The van der Waals surface area contributed by atoms with Gasteiger partial charge in [0.2, 0.25) is 11.9 Å². The number of imidazole rings is 1. The molecule has 4 rings (SSSR count). The first kappa shape index (κ1) is 13.9. The summed E-state index contributed by atoms with van der Waals surface area (Å²) in [5.74, 6) is 0.479. The Labute approximate surface area is 133 Å². The summed E-state index contributed by atoms with van der Waals surface area (Å²) in [5, 5.41) is 2.82. The van der Waals surface area contributed by atoms with Gasteiger partial charge in [0, 0.05) is 18.3 Å². The fraction of sp³-hybridized carbons (Fsp3) is 0.294. The SMILES string of the molecule is Cc1nc2ccccn2c1-c1ccnc(NC(=O)C2CCC2)n1.